The van der Waals surface area contributed by atoms with Gasteiger partial charge >= 0.3 is 0 Å². The van der Waals surface area contributed by atoms with E-state index in [0.29, 0.717) is 29.6 Å². The van der Waals surface area contributed by atoms with Gasteiger partial charge in [-0.25, -0.2) is 0 Å². The molecule has 0 aliphatic heterocycles. The van der Waals surface area contributed by atoms with Crippen LogP contribution in [0, 0.1) is 0 Å². The first kappa shape index (κ1) is 9.58. The lowest BCUT2D eigenvalue weighted by Gasteiger charge is -2.29. The Hall–Kier alpha value is 0.584. The van der Waals surface area contributed by atoms with E-state index >= 15 is 0 Å². The Balaban J connectivity index is 3.68. The van der Waals surface area contributed by atoms with Gasteiger partial charge in [0.25, 0.3) is 0 Å². The lowest BCUT2D eigenvalue weighted by molar-refractivity contribution is 3.58. The third-order valence-corrected chi connectivity index (χ3v) is 0.444. The van der Waals surface area contributed by atoms with Crippen LogP contribution in [0.1, 0.15) is 0 Å². The van der Waals surface area contributed by atoms with Gasteiger partial charge < -0.3 is 0 Å². The highest BCUT2D eigenvalue weighted by Crippen LogP contribution is 1.80. The fourth-order valence-corrected chi connectivity index (χ4v) is 0. The van der Waals surface area contributed by atoms with Crippen molar-refractivity contribution < 1.29 is 0 Å². The quantitative estimate of drug-likeness (QED) is 0.315. The van der Waals surface area contributed by atoms with E-state index in [-0.39, 0.29) is 6.39 Å². The highest BCUT2D eigenvalue weighted by molar-refractivity contribution is 7.93. The van der Waals surface area contributed by atoms with Gasteiger partial charge in [0.05, 0.1) is 0 Å². The number of rotatable bonds is 3. The summed E-state index contributed by atoms with van der Waals surface area (Å²) in [7, 11) is 15.2. The van der Waals surface area contributed by atoms with Crippen LogP contribution >= 0.6 is 0 Å². The molecule has 0 aromatic rings. The van der Waals surface area contributed by atoms with Gasteiger partial charge in [-0.1, -0.05) is 14.1 Å². The van der Waals surface area contributed by atoms with Crippen LogP contribution in [-0.2, 0) is 0 Å². The molecule has 0 rings (SSSR count). The van der Waals surface area contributed by atoms with Crippen LogP contribution in [0.4, 0.5) is 0 Å². The van der Waals surface area contributed by atoms with Gasteiger partial charge in [0, 0.05) is 0 Å². The summed E-state index contributed by atoms with van der Waals surface area (Å²) >= 11 is 0. The van der Waals surface area contributed by atoms with Crippen molar-refractivity contribution in [1.82, 2.24) is 0 Å². The van der Waals surface area contributed by atoms with Gasteiger partial charge in [-0.05, 0) is 21.9 Å². The van der Waals surface area contributed by atoms with Gasteiger partial charge in [0.1, 0.15) is 0 Å². The zero-order chi connectivity index (χ0) is 7.44. The second kappa shape index (κ2) is 4.41. The molecule has 0 N–H and O–H groups in total. The molecular weight excluding hydrogens is 97.3 g/mol. The summed E-state index contributed by atoms with van der Waals surface area (Å²) in [6, 6.07) is 0. The molecule has 9 heavy (non-hydrogen) atoms. The maximum absolute atomic E-state index is 5.61. The summed E-state index contributed by atoms with van der Waals surface area (Å²) in [6.45, 7) is 0. The molecule has 0 unspecified atom stereocenters. The van der Waals surface area contributed by atoms with Crippen LogP contribution in [0.3, 0.4) is 0 Å². The lowest BCUT2D eigenvalue weighted by Crippen LogP contribution is -2.55. The standard InChI is InChI=1S/B9H9/c1-6-9(7(2)3)8(4)5/h1-3H3/q-3. The molecule has 0 aromatic carbocycles. The Morgan fingerprint density at radius 3 is 1.67 bits per heavy atom. The molecule has 9 heteroatoms. The van der Waals surface area contributed by atoms with Crippen molar-refractivity contribution in [2.45, 2.75) is 0 Å². The maximum Gasteiger partial charge on any atom is -0.000289 e. The van der Waals surface area contributed by atoms with Gasteiger partial charge in [-0.3, -0.25) is 6.39 Å². The molecule has 0 fully saturated rings. The second-order valence-corrected chi connectivity index (χ2v) is 1.15. The first-order valence-corrected chi connectivity index (χ1v) is 1.67. The van der Waals surface area contributed by atoms with Crippen molar-refractivity contribution in [2.75, 3.05) is 0 Å². The van der Waals surface area contributed by atoms with Crippen molar-refractivity contribution >= 4 is 64.9 Å². The monoisotopic (exact) mass is 108 g/mol. The molecule has 0 spiro atoms. The van der Waals surface area contributed by atoms with E-state index in [4.69, 9.17) is 15.5 Å². The number of hydrogen-bond donors (Lipinski definition) is 0. The predicted molar refractivity (Wildman–Crippen MR) is 64.3 cm³/mol. The molecule has 0 nitrogen and oxygen atoms in total. The summed E-state index contributed by atoms with van der Waals surface area (Å²) in [5.74, 6) is 0. The predicted octanol–water partition coefficient (Wildman–Crippen LogP) is -5.84. The summed E-state index contributed by atoms with van der Waals surface area (Å²) < 4.78 is 0. The van der Waals surface area contributed by atoms with E-state index < -0.39 is 0 Å². The van der Waals surface area contributed by atoms with E-state index in [2.05, 4.69) is 7.06 Å². The summed E-state index contributed by atoms with van der Waals surface area (Å²) in [4.78, 5) is 0. The van der Waals surface area contributed by atoms with Crippen LogP contribution in [-0.4, -0.2) is 64.9 Å². The Morgan fingerprint density at radius 2 is 1.67 bits per heavy atom. The molecule has 0 aromatic heterocycles. The lowest BCUT2D eigenvalue weighted by atomic mass is 8.64. The molecule has 0 heterocycles. The molecule has 0 amide bonds. The summed E-state index contributed by atoms with van der Waals surface area (Å²) in [5, 5.41) is 0. The molecule has 0 saturated heterocycles. The van der Waals surface area contributed by atoms with Crippen molar-refractivity contribution in [2.24, 2.45) is 0 Å². The van der Waals surface area contributed by atoms with E-state index in [9.17, 15) is 0 Å². The zero-order valence-corrected chi connectivity index (χ0v) is 3.46. The van der Waals surface area contributed by atoms with Crippen molar-refractivity contribution in [3.63, 3.8) is 0 Å². The highest BCUT2D eigenvalue weighted by atomic mass is 13.0. The average Bonchev–Trinajstić information content (AvgIpc) is 1.64. The van der Waals surface area contributed by atoms with E-state index in [1.54, 1.807) is 0 Å². The third kappa shape index (κ3) is 3.32. The van der Waals surface area contributed by atoms with Gasteiger partial charge in [0.15, 0.2) is 0 Å². The smallest absolute Gasteiger partial charge is 0.000289 e. The van der Waals surface area contributed by atoms with Crippen LogP contribution in [0.25, 0.3) is 0 Å². The van der Waals surface area contributed by atoms with Crippen LogP contribution < -0.4 is 0 Å². The molecule has 39 valence electrons. The summed E-state index contributed by atoms with van der Waals surface area (Å²) in [5.41, 5.74) is 0. The Labute approximate surface area is 65.5 Å². The average molecular weight is 106 g/mol. The fourth-order valence-electron chi connectivity index (χ4n) is 0. The molecule has 0 saturated carbocycles. The SMILES string of the molecule is [B]B([B])B([B][BH3-])B([BH3-])[BH3-]. The molecule has 0 aliphatic carbocycles. The number of hydrogen-bond acceptors (Lipinski definition) is 0. The van der Waals surface area contributed by atoms with E-state index in [1.165, 1.54) is 0 Å². The van der Waals surface area contributed by atoms with E-state index in [0.717, 1.165) is 6.39 Å². The normalized spacial score (nSPS) is 8.33. The molecular formula is H9B9-3. The maximum atomic E-state index is 5.61. The summed E-state index contributed by atoms with van der Waals surface area (Å²) in [6.07, 6.45) is 1.79. The fraction of sp³-hybridized carbons (Fsp3) is 0. The van der Waals surface area contributed by atoms with Crippen molar-refractivity contribution in [3.05, 3.63) is 0 Å². The minimum atomic E-state index is -0.0116. The van der Waals surface area contributed by atoms with Gasteiger partial charge in [0.2, 0.25) is 0 Å². The Morgan fingerprint density at radius 1 is 1.22 bits per heavy atom. The third-order valence-electron chi connectivity index (χ3n) is 0.444. The van der Waals surface area contributed by atoms with E-state index in [1.807, 2.05) is 0 Å². The minimum absolute atomic E-state index is 0.0116. The van der Waals surface area contributed by atoms with Gasteiger partial charge in [-0.15, -0.1) is 15.5 Å². The molecule has 0 aliphatic rings. The largest absolute Gasteiger partial charge is 0.264 e. The Kier molecular flexibility index (Phi) is 4.69. The van der Waals surface area contributed by atoms with Crippen LogP contribution in [0.2, 0.25) is 0 Å². The first-order valence-electron chi connectivity index (χ1n) is 1.67. The van der Waals surface area contributed by atoms with Crippen molar-refractivity contribution in [1.29, 1.82) is 0 Å². The van der Waals surface area contributed by atoms with Crippen LogP contribution in [0.15, 0.2) is 0 Å². The first-order chi connectivity index (χ1) is 4.09. The molecule has 0 bridgehead atoms. The molecule has 0 atom stereocenters. The minimum Gasteiger partial charge on any atom is -0.264 e. The second-order valence-electron chi connectivity index (χ2n) is 1.15. The van der Waals surface area contributed by atoms with Crippen molar-refractivity contribution in [3.8, 4) is 0 Å². The Bertz CT molecular complexity index is 54.4. The zero-order valence-electron chi connectivity index (χ0n) is 3.46. The highest BCUT2D eigenvalue weighted by Gasteiger charge is 2.08. The molecule has 5 radical (unpaired) electrons. The topological polar surface area (TPSA) is 0 Å². The van der Waals surface area contributed by atoms with Gasteiger partial charge in [-0.2, -0.15) is 7.06 Å². The van der Waals surface area contributed by atoms with Crippen LogP contribution in [0.5, 0.6) is 0 Å².